The Labute approximate surface area is 104 Å². The summed E-state index contributed by atoms with van der Waals surface area (Å²) < 4.78 is 0. The van der Waals surface area contributed by atoms with Crippen molar-refractivity contribution in [1.82, 2.24) is 0 Å². The van der Waals surface area contributed by atoms with E-state index in [9.17, 15) is 4.79 Å². The van der Waals surface area contributed by atoms with Gasteiger partial charge in [0.25, 0.3) is 0 Å². The molecule has 0 aliphatic heterocycles. The number of benzene rings is 3. The minimum absolute atomic E-state index is 0.440. The maximum absolute atomic E-state index is 11.2. The van der Waals surface area contributed by atoms with Gasteiger partial charge in [0, 0.05) is 22.0 Å². The minimum Gasteiger partial charge on any atom is -0.398 e. The lowest BCUT2D eigenvalue weighted by Crippen LogP contribution is -2.10. The summed E-state index contributed by atoms with van der Waals surface area (Å²) in [5.74, 6) is -0.440. The van der Waals surface area contributed by atoms with Crippen LogP contribution in [-0.2, 0) is 0 Å². The first-order valence-electron chi connectivity index (χ1n) is 5.67. The second kappa shape index (κ2) is 3.74. The molecule has 0 spiro atoms. The van der Waals surface area contributed by atoms with E-state index in [0.717, 1.165) is 21.5 Å². The summed E-state index contributed by atoms with van der Waals surface area (Å²) in [5.41, 5.74) is 12.6. The maximum Gasteiger partial charge on any atom is 0.248 e. The second-order valence-electron chi connectivity index (χ2n) is 4.31. The van der Waals surface area contributed by atoms with Crippen LogP contribution in [0.4, 0.5) is 5.69 Å². The first-order chi connectivity index (χ1) is 8.66. The van der Waals surface area contributed by atoms with Gasteiger partial charge in [-0.25, -0.2) is 0 Å². The van der Waals surface area contributed by atoms with Crippen molar-refractivity contribution in [3.05, 3.63) is 54.1 Å². The molecule has 4 N–H and O–H groups in total. The first-order valence-corrected chi connectivity index (χ1v) is 5.67. The predicted molar refractivity (Wildman–Crippen MR) is 74.4 cm³/mol. The Morgan fingerprint density at radius 2 is 1.61 bits per heavy atom. The number of nitrogens with two attached hydrogens (primary N) is 2. The molecule has 1 amide bonds. The third-order valence-electron chi connectivity index (χ3n) is 3.19. The Morgan fingerprint density at radius 3 is 2.39 bits per heavy atom. The van der Waals surface area contributed by atoms with Gasteiger partial charge in [0.05, 0.1) is 0 Å². The molecule has 0 unspecified atom stereocenters. The number of fused-ring (bicyclic) bond motifs is 2. The van der Waals surface area contributed by atoms with Crippen LogP contribution >= 0.6 is 0 Å². The van der Waals surface area contributed by atoms with Crippen LogP contribution in [0.15, 0.2) is 48.5 Å². The number of hydrogen-bond acceptors (Lipinski definition) is 2. The van der Waals surface area contributed by atoms with E-state index in [1.807, 2.05) is 30.3 Å². The van der Waals surface area contributed by atoms with Gasteiger partial charge in [-0.2, -0.15) is 0 Å². The summed E-state index contributed by atoms with van der Waals surface area (Å²) >= 11 is 0. The van der Waals surface area contributed by atoms with Crippen LogP contribution in [0.25, 0.3) is 21.5 Å². The zero-order valence-electron chi connectivity index (χ0n) is 9.68. The molecule has 0 aliphatic rings. The summed E-state index contributed by atoms with van der Waals surface area (Å²) in [7, 11) is 0. The van der Waals surface area contributed by atoms with Crippen LogP contribution in [0.3, 0.4) is 0 Å². The molecule has 0 saturated heterocycles. The Morgan fingerprint density at radius 1 is 0.889 bits per heavy atom. The van der Waals surface area contributed by atoms with Crippen molar-refractivity contribution >= 4 is 33.1 Å². The van der Waals surface area contributed by atoms with E-state index in [0.29, 0.717) is 11.3 Å². The molecule has 0 atom stereocenters. The molecule has 3 rings (SSSR count). The molecule has 3 aromatic carbocycles. The largest absolute Gasteiger partial charge is 0.398 e. The normalized spacial score (nSPS) is 10.9. The fraction of sp³-hybridized carbons (Fsp3) is 0. The fourth-order valence-electron chi connectivity index (χ4n) is 2.25. The van der Waals surface area contributed by atoms with Crippen molar-refractivity contribution in [2.75, 3.05) is 5.73 Å². The zero-order chi connectivity index (χ0) is 12.7. The number of rotatable bonds is 1. The van der Waals surface area contributed by atoms with Crippen LogP contribution < -0.4 is 11.5 Å². The van der Waals surface area contributed by atoms with Crippen molar-refractivity contribution in [2.24, 2.45) is 5.73 Å². The number of carbonyl (C=O) groups is 1. The molecule has 88 valence electrons. The third-order valence-corrected chi connectivity index (χ3v) is 3.19. The van der Waals surface area contributed by atoms with Crippen LogP contribution in [-0.4, -0.2) is 5.91 Å². The highest BCUT2D eigenvalue weighted by Gasteiger charge is 2.07. The molecule has 18 heavy (non-hydrogen) atoms. The van der Waals surface area contributed by atoms with E-state index in [-0.39, 0.29) is 0 Å². The number of nitrogen functional groups attached to an aromatic ring is 1. The van der Waals surface area contributed by atoms with Gasteiger partial charge in [-0.05, 0) is 29.0 Å². The molecule has 0 fully saturated rings. The number of hydrogen-bond donors (Lipinski definition) is 2. The van der Waals surface area contributed by atoms with Gasteiger partial charge in [0.1, 0.15) is 0 Å². The summed E-state index contributed by atoms with van der Waals surface area (Å²) in [5, 5.41) is 3.96. The summed E-state index contributed by atoms with van der Waals surface area (Å²) in [4.78, 5) is 11.2. The van der Waals surface area contributed by atoms with E-state index in [2.05, 4.69) is 6.07 Å². The van der Waals surface area contributed by atoms with Gasteiger partial charge < -0.3 is 11.5 Å². The lowest BCUT2D eigenvalue weighted by atomic mass is 9.99. The first kappa shape index (κ1) is 10.6. The standard InChI is InChI=1S/C15H12N2O/c16-14-12-4-2-1-3-9(12)7-10-5-6-11(15(17)18)8-13(10)14/h1-8H,16H2,(H2,17,18). The van der Waals surface area contributed by atoms with Gasteiger partial charge in [-0.3, -0.25) is 4.79 Å². The van der Waals surface area contributed by atoms with Crippen molar-refractivity contribution in [1.29, 1.82) is 0 Å². The van der Waals surface area contributed by atoms with E-state index in [1.165, 1.54) is 0 Å². The zero-order valence-corrected chi connectivity index (χ0v) is 9.68. The maximum atomic E-state index is 11.2. The highest BCUT2D eigenvalue weighted by Crippen LogP contribution is 2.30. The number of amides is 1. The van der Waals surface area contributed by atoms with E-state index < -0.39 is 5.91 Å². The third kappa shape index (κ3) is 1.49. The van der Waals surface area contributed by atoms with Gasteiger partial charge in [0.2, 0.25) is 5.91 Å². The molecule has 0 radical (unpaired) electrons. The Bertz CT molecular complexity index is 778. The Balaban J connectivity index is 2.45. The average Bonchev–Trinajstić information content (AvgIpc) is 2.38. The summed E-state index contributed by atoms with van der Waals surface area (Å²) in [6.45, 7) is 0. The fourth-order valence-corrected chi connectivity index (χ4v) is 2.25. The lowest BCUT2D eigenvalue weighted by molar-refractivity contribution is 0.100. The van der Waals surface area contributed by atoms with Crippen molar-refractivity contribution < 1.29 is 4.79 Å². The number of primary amides is 1. The molecule has 0 bridgehead atoms. The monoisotopic (exact) mass is 236 g/mol. The quantitative estimate of drug-likeness (QED) is 0.503. The van der Waals surface area contributed by atoms with Crippen molar-refractivity contribution in [3.63, 3.8) is 0 Å². The minimum atomic E-state index is -0.440. The average molecular weight is 236 g/mol. The Hall–Kier alpha value is -2.55. The van der Waals surface area contributed by atoms with E-state index >= 15 is 0 Å². The lowest BCUT2D eigenvalue weighted by Gasteiger charge is -2.08. The highest BCUT2D eigenvalue weighted by molar-refractivity contribution is 6.11. The van der Waals surface area contributed by atoms with E-state index in [1.54, 1.807) is 12.1 Å². The smallest absolute Gasteiger partial charge is 0.248 e. The van der Waals surface area contributed by atoms with Gasteiger partial charge in [-0.1, -0.05) is 30.3 Å². The molecule has 0 aliphatic carbocycles. The summed E-state index contributed by atoms with van der Waals surface area (Å²) in [6, 6.07) is 15.3. The molecular weight excluding hydrogens is 224 g/mol. The summed E-state index contributed by atoms with van der Waals surface area (Å²) in [6.07, 6.45) is 0. The SMILES string of the molecule is NC(=O)c1ccc2cc3ccccc3c(N)c2c1. The number of carbonyl (C=O) groups excluding carboxylic acids is 1. The molecular formula is C15H12N2O. The van der Waals surface area contributed by atoms with Crippen LogP contribution in [0.2, 0.25) is 0 Å². The molecule has 0 aromatic heterocycles. The van der Waals surface area contributed by atoms with Crippen molar-refractivity contribution in [2.45, 2.75) is 0 Å². The molecule has 3 nitrogen and oxygen atoms in total. The molecule has 0 saturated carbocycles. The van der Waals surface area contributed by atoms with Gasteiger partial charge >= 0.3 is 0 Å². The van der Waals surface area contributed by atoms with Gasteiger partial charge in [0.15, 0.2) is 0 Å². The predicted octanol–water partition coefficient (Wildman–Crippen LogP) is 2.67. The van der Waals surface area contributed by atoms with Crippen LogP contribution in [0.1, 0.15) is 10.4 Å². The van der Waals surface area contributed by atoms with Crippen LogP contribution in [0.5, 0.6) is 0 Å². The van der Waals surface area contributed by atoms with Crippen molar-refractivity contribution in [3.8, 4) is 0 Å². The topological polar surface area (TPSA) is 69.1 Å². The second-order valence-corrected chi connectivity index (χ2v) is 4.31. The molecule has 3 heteroatoms. The highest BCUT2D eigenvalue weighted by atomic mass is 16.1. The van der Waals surface area contributed by atoms with Gasteiger partial charge in [-0.15, -0.1) is 0 Å². The van der Waals surface area contributed by atoms with Crippen LogP contribution in [0, 0.1) is 0 Å². The molecule has 3 aromatic rings. The molecule has 0 heterocycles. The number of anilines is 1. The Kier molecular flexibility index (Phi) is 2.20. The van der Waals surface area contributed by atoms with E-state index in [4.69, 9.17) is 11.5 Å².